The van der Waals surface area contributed by atoms with Crippen molar-refractivity contribution in [2.45, 2.75) is 86.5 Å². The highest BCUT2D eigenvalue weighted by Gasteiger charge is 2.19. The average Bonchev–Trinajstić information content (AvgIpc) is 2.33. The van der Waals surface area contributed by atoms with Crippen molar-refractivity contribution in [3.8, 4) is 0 Å². The Morgan fingerprint density at radius 3 is 2.05 bits per heavy atom. The molecule has 0 aromatic rings. The summed E-state index contributed by atoms with van der Waals surface area (Å²) in [4.78, 5) is 32.2. The normalized spacial score (nSPS) is 13.0. The zero-order valence-corrected chi connectivity index (χ0v) is 15.2. The van der Waals surface area contributed by atoms with E-state index < -0.39 is 11.9 Å². The van der Waals surface area contributed by atoms with Gasteiger partial charge in [0.15, 0.2) is 0 Å². The van der Waals surface area contributed by atoms with Crippen LogP contribution in [0, 0.1) is 17.3 Å². The van der Waals surface area contributed by atoms with Crippen molar-refractivity contribution in [2.75, 3.05) is 0 Å². The third-order valence-electron chi connectivity index (χ3n) is 3.37. The molecule has 0 rings (SSSR count). The summed E-state index contributed by atoms with van der Waals surface area (Å²) in [6.45, 7) is 12.8. The fourth-order valence-electron chi connectivity index (χ4n) is 2.57. The van der Waals surface area contributed by atoms with E-state index >= 15 is 0 Å². The van der Waals surface area contributed by atoms with Gasteiger partial charge in [-0.25, -0.2) is 19.4 Å². The second-order valence-corrected chi connectivity index (χ2v) is 7.98. The molecule has 0 aromatic carbocycles. The first kappa shape index (κ1) is 20.9. The molecule has 0 aliphatic carbocycles. The summed E-state index contributed by atoms with van der Waals surface area (Å²) in [5, 5.41) is 0. The van der Waals surface area contributed by atoms with Crippen molar-refractivity contribution in [3.05, 3.63) is 0 Å². The molecule has 1 unspecified atom stereocenters. The van der Waals surface area contributed by atoms with Gasteiger partial charge in [-0.2, -0.15) is 0 Å². The maximum atomic E-state index is 11.6. The van der Waals surface area contributed by atoms with E-state index in [1.54, 1.807) is 0 Å². The molecule has 0 radical (unpaired) electrons. The van der Waals surface area contributed by atoms with Gasteiger partial charge in [-0.05, 0) is 30.1 Å². The first-order valence-corrected chi connectivity index (χ1v) is 8.50. The summed E-state index contributed by atoms with van der Waals surface area (Å²) in [7, 11) is 0. The van der Waals surface area contributed by atoms with E-state index in [0.717, 1.165) is 25.7 Å². The molecule has 0 amide bonds. The summed E-state index contributed by atoms with van der Waals surface area (Å²) in [6.07, 6.45) is 5.59. The Morgan fingerprint density at radius 2 is 1.50 bits per heavy atom. The van der Waals surface area contributed by atoms with Gasteiger partial charge >= 0.3 is 11.9 Å². The van der Waals surface area contributed by atoms with Crippen LogP contribution in [0.4, 0.5) is 0 Å². The van der Waals surface area contributed by atoms with Crippen LogP contribution in [0.25, 0.3) is 0 Å². The van der Waals surface area contributed by atoms with Gasteiger partial charge in [0, 0.05) is 0 Å². The van der Waals surface area contributed by atoms with E-state index in [2.05, 4.69) is 44.4 Å². The molecule has 4 nitrogen and oxygen atoms in total. The molecule has 0 aliphatic rings. The maximum absolute atomic E-state index is 11.6. The summed E-state index contributed by atoms with van der Waals surface area (Å²) < 4.78 is 0. The van der Waals surface area contributed by atoms with Gasteiger partial charge < -0.3 is 0 Å². The highest BCUT2D eigenvalue weighted by atomic mass is 17.2. The van der Waals surface area contributed by atoms with E-state index in [9.17, 15) is 9.59 Å². The summed E-state index contributed by atoms with van der Waals surface area (Å²) in [5.41, 5.74) is 0.173. The van der Waals surface area contributed by atoms with Gasteiger partial charge in [0.25, 0.3) is 0 Å². The third-order valence-corrected chi connectivity index (χ3v) is 3.37. The monoisotopic (exact) mass is 314 g/mol. The first-order valence-electron chi connectivity index (χ1n) is 8.50. The highest BCUT2D eigenvalue weighted by molar-refractivity contribution is 5.72. The van der Waals surface area contributed by atoms with Crippen LogP contribution in [0.2, 0.25) is 0 Å². The Kier molecular flexibility index (Phi) is 10.1. The van der Waals surface area contributed by atoms with Crippen LogP contribution in [0.5, 0.6) is 0 Å². The molecule has 0 spiro atoms. The molecule has 0 fully saturated rings. The van der Waals surface area contributed by atoms with E-state index in [-0.39, 0.29) is 17.8 Å². The summed E-state index contributed by atoms with van der Waals surface area (Å²) >= 11 is 0. The molecule has 4 heteroatoms. The lowest BCUT2D eigenvalue weighted by atomic mass is 9.84. The zero-order chi connectivity index (χ0) is 17.2. The molecule has 0 aromatic heterocycles. The summed E-state index contributed by atoms with van der Waals surface area (Å²) in [6, 6.07) is 0. The SMILES string of the molecule is CC(C)CCCCCC(=O)OOC(=O)CC(C)CC(C)(C)C. The molecular formula is C18H34O4. The van der Waals surface area contributed by atoms with Crippen molar-refractivity contribution >= 4 is 11.9 Å². The summed E-state index contributed by atoms with van der Waals surface area (Å²) in [5.74, 6) is -0.0171. The van der Waals surface area contributed by atoms with Crippen LogP contribution in [0.15, 0.2) is 0 Å². The van der Waals surface area contributed by atoms with E-state index in [1.807, 2.05) is 6.92 Å². The van der Waals surface area contributed by atoms with Crippen molar-refractivity contribution in [2.24, 2.45) is 17.3 Å². The fraction of sp³-hybridized carbons (Fsp3) is 0.889. The standard InChI is InChI=1S/C18H34O4/c1-14(2)10-8-7-9-11-16(19)21-22-17(20)12-15(3)13-18(4,5)6/h14-15H,7-13H2,1-6H3. The lowest BCUT2D eigenvalue weighted by Crippen LogP contribution is -2.17. The minimum atomic E-state index is -0.468. The van der Waals surface area contributed by atoms with Gasteiger partial charge in [0.05, 0.1) is 12.8 Å². The predicted molar refractivity (Wildman–Crippen MR) is 88.0 cm³/mol. The van der Waals surface area contributed by atoms with Crippen LogP contribution in [0.1, 0.15) is 86.5 Å². The molecule has 22 heavy (non-hydrogen) atoms. The zero-order valence-electron chi connectivity index (χ0n) is 15.2. The van der Waals surface area contributed by atoms with Crippen molar-refractivity contribution in [3.63, 3.8) is 0 Å². The van der Waals surface area contributed by atoms with Crippen LogP contribution in [-0.4, -0.2) is 11.9 Å². The highest BCUT2D eigenvalue weighted by Crippen LogP contribution is 2.26. The molecular weight excluding hydrogens is 280 g/mol. The quantitative estimate of drug-likeness (QED) is 0.339. The minimum absolute atomic E-state index is 0.173. The van der Waals surface area contributed by atoms with E-state index in [0.29, 0.717) is 12.3 Å². The van der Waals surface area contributed by atoms with E-state index in [1.165, 1.54) is 6.42 Å². The third kappa shape index (κ3) is 13.9. The second kappa shape index (κ2) is 10.6. The number of rotatable bonds is 9. The number of carbonyl (C=O) groups excluding carboxylic acids is 2. The molecule has 0 N–H and O–H groups in total. The topological polar surface area (TPSA) is 52.6 Å². The van der Waals surface area contributed by atoms with Crippen LogP contribution in [0.3, 0.4) is 0 Å². The predicted octanol–water partition coefficient (Wildman–Crippen LogP) is 5.06. The fourth-order valence-corrected chi connectivity index (χ4v) is 2.57. The lowest BCUT2D eigenvalue weighted by Gasteiger charge is -2.22. The van der Waals surface area contributed by atoms with Gasteiger partial charge in [-0.1, -0.05) is 60.8 Å². The number of carbonyl (C=O) groups is 2. The van der Waals surface area contributed by atoms with E-state index in [4.69, 9.17) is 0 Å². The first-order chi connectivity index (χ1) is 10.1. The molecule has 0 heterocycles. The van der Waals surface area contributed by atoms with Gasteiger partial charge in [-0.15, -0.1) is 0 Å². The number of hydrogen-bond donors (Lipinski definition) is 0. The smallest absolute Gasteiger partial charge is 0.247 e. The van der Waals surface area contributed by atoms with Gasteiger partial charge in [0.2, 0.25) is 0 Å². The Bertz CT molecular complexity index is 328. The largest absolute Gasteiger partial charge is 0.355 e. The van der Waals surface area contributed by atoms with Gasteiger partial charge in [-0.3, -0.25) is 0 Å². The lowest BCUT2D eigenvalue weighted by molar-refractivity contribution is -0.259. The Labute approximate surface area is 135 Å². The van der Waals surface area contributed by atoms with Crippen LogP contribution < -0.4 is 0 Å². The molecule has 130 valence electrons. The van der Waals surface area contributed by atoms with Gasteiger partial charge in [0.1, 0.15) is 0 Å². The molecule has 0 aliphatic heterocycles. The molecule has 0 bridgehead atoms. The minimum Gasteiger partial charge on any atom is -0.247 e. The van der Waals surface area contributed by atoms with Crippen molar-refractivity contribution in [1.82, 2.24) is 0 Å². The Morgan fingerprint density at radius 1 is 0.909 bits per heavy atom. The van der Waals surface area contributed by atoms with Crippen molar-refractivity contribution in [1.29, 1.82) is 0 Å². The molecule has 1 atom stereocenters. The second-order valence-electron chi connectivity index (χ2n) is 7.98. The number of unbranched alkanes of at least 4 members (excludes halogenated alkanes) is 2. The maximum Gasteiger partial charge on any atom is 0.355 e. The average molecular weight is 314 g/mol. The van der Waals surface area contributed by atoms with Crippen LogP contribution >= 0.6 is 0 Å². The van der Waals surface area contributed by atoms with Crippen molar-refractivity contribution < 1.29 is 19.4 Å². The molecule has 0 saturated carbocycles. The van der Waals surface area contributed by atoms with Crippen LogP contribution in [-0.2, 0) is 19.4 Å². The number of hydrogen-bond acceptors (Lipinski definition) is 4. The molecule has 0 saturated heterocycles. The Balaban J connectivity index is 3.70. The Hall–Kier alpha value is -1.06.